The number of aryl methyl sites for hydroxylation is 1. The van der Waals surface area contributed by atoms with Crippen molar-refractivity contribution < 1.29 is 9.90 Å². The smallest absolute Gasteiger partial charge is 0.314 e. The van der Waals surface area contributed by atoms with Crippen molar-refractivity contribution in [2.45, 2.75) is 32.6 Å². The molecule has 1 aromatic rings. The lowest BCUT2D eigenvalue weighted by Crippen LogP contribution is -2.37. The Labute approximate surface area is 115 Å². The first-order valence-corrected chi connectivity index (χ1v) is 6.91. The van der Waals surface area contributed by atoms with Crippen molar-refractivity contribution in [2.24, 2.45) is 0 Å². The molecule has 2 amide bonds. The molecule has 0 fully saturated rings. The van der Waals surface area contributed by atoms with Gasteiger partial charge in [-0.25, -0.2) is 4.79 Å². The van der Waals surface area contributed by atoms with E-state index in [2.05, 4.69) is 29.7 Å². The number of amides is 2. The first-order chi connectivity index (χ1) is 9.24. The van der Waals surface area contributed by atoms with Crippen LogP contribution in [0, 0.1) is 6.92 Å². The zero-order chi connectivity index (χ0) is 13.9. The fourth-order valence-electron chi connectivity index (χ4n) is 1.88. The predicted molar refractivity (Wildman–Crippen MR) is 77.2 cm³/mol. The quantitative estimate of drug-likeness (QED) is 0.629. The normalized spacial score (nSPS) is 10.2. The molecule has 0 unspecified atom stereocenters. The molecule has 19 heavy (non-hydrogen) atoms. The Morgan fingerprint density at radius 1 is 1.11 bits per heavy atom. The van der Waals surface area contributed by atoms with Crippen molar-refractivity contribution in [3.8, 4) is 0 Å². The number of hydrogen-bond acceptors (Lipinski definition) is 2. The molecule has 0 heterocycles. The molecule has 1 aromatic carbocycles. The van der Waals surface area contributed by atoms with Crippen LogP contribution in [0.3, 0.4) is 0 Å². The molecule has 0 atom stereocenters. The van der Waals surface area contributed by atoms with E-state index in [-0.39, 0.29) is 12.6 Å². The van der Waals surface area contributed by atoms with Gasteiger partial charge in [0.15, 0.2) is 0 Å². The van der Waals surface area contributed by atoms with Crippen LogP contribution in [0.1, 0.15) is 30.4 Å². The van der Waals surface area contributed by atoms with E-state index < -0.39 is 0 Å². The molecule has 4 nitrogen and oxygen atoms in total. The Morgan fingerprint density at radius 3 is 2.58 bits per heavy atom. The highest BCUT2D eigenvalue weighted by atomic mass is 16.2. The fraction of sp³-hybridized carbons (Fsp3) is 0.533. The maximum atomic E-state index is 11.5. The second-order valence-corrected chi connectivity index (χ2v) is 4.64. The summed E-state index contributed by atoms with van der Waals surface area (Å²) in [6.07, 6.45) is 3.51. The van der Waals surface area contributed by atoms with Crippen LogP contribution in [-0.2, 0) is 6.42 Å². The van der Waals surface area contributed by atoms with Crippen LogP contribution in [0.2, 0.25) is 0 Å². The summed E-state index contributed by atoms with van der Waals surface area (Å²) >= 11 is 0. The number of aliphatic hydroxyl groups is 1. The molecule has 106 valence electrons. The van der Waals surface area contributed by atoms with Gasteiger partial charge >= 0.3 is 6.03 Å². The number of hydrogen-bond donors (Lipinski definition) is 3. The van der Waals surface area contributed by atoms with Crippen LogP contribution in [0.15, 0.2) is 24.3 Å². The lowest BCUT2D eigenvalue weighted by molar-refractivity contribution is 0.240. The van der Waals surface area contributed by atoms with Crippen molar-refractivity contribution in [3.63, 3.8) is 0 Å². The van der Waals surface area contributed by atoms with E-state index in [4.69, 9.17) is 5.11 Å². The van der Waals surface area contributed by atoms with Gasteiger partial charge in [0.05, 0.1) is 0 Å². The highest BCUT2D eigenvalue weighted by Gasteiger charge is 2.00. The molecule has 0 saturated carbocycles. The number of aliphatic hydroxyl groups excluding tert-OH is 1. The Hall–Kier alpha value is -1.55. The summed E-state index contributed by atoms with van der Waals surface area (Å²) in [4.78, 5) is 11.5. The number of carbonyl (C=O) groups excluding carboxylic acids is 1. The van der Waals surface area contributed by atoms with Gasteiger partial charge in [0.2, 0.25) is 0 Å². The molecule has 0 aliphatic rings. The van der Waals surface area contributed by atoms with Crippen LogP contribution < -0.4 is 10.6 Å². The maximum absolute atomic E-state index is 11.5. The molecule has 1 rings (SSSR count). The molecule has 0 aromatic heterocycles. The van der Waals surface area contributed by atoms with Gasteiger partial charge in [-0.3, -0.25) is 0 Å². The largest absolute Gasteiger partial charge is 0.396 e. The average Bonchev–Trinajstić information content (AvgIpc) is 2.41. The zero-order valence-electron chi connectivity index (χ0n) is 11.6. The van der Waals surface area contributed by atoms with E-state index in [0.717, 1.165) is 25.7 Å². The summed E-state index contributed by atoms with van der Waals surface area (Å²) in [5.74, 6) is 0. The molecule has 0 aliphatic heterocycles. The Morgan fingerprint density at radius 2 is 1.84 bits per heavy atom. The third-order valence-corrected chi connectivity index (χ3v) is 3.06. The van der Waals surface area contributed by atoms with Crippen molar-refractivity contribution in [1.82, 2.24) is 10.6 Å². The third-order valence-electron chi connectivity index (χ3n) is 3.06. The zero-order valence-corrected chi connectivity index (χ0v) is 11.6. The summed E-state index contributed by atoms with van der Waals surface area (Å²) in [6.45, 7) is 3.61. The topological polar surface area (TPSA) is 61.4 Å². The third kappa shape index (κ3) is 6.82. The van der Waals surface area contributed by atoms with Crippen LogP contribution in [0.4, 0.5) is 4.79 Å². The van der Waals surface area contributed by atoms with Gasteiger partial charge in [0, 0.05) is 19.7 Å². The summed E-state index contributed by atoms with van der Waals surface area (Å²) in [6, 6.07) is 8.09. The molecule has 0 radical (unpaired) electrons. The minimum absolute atomic E-state index is 0.113. The monoisotopic (exact) mass is 264 g/mol. The standard InChI is InChI=1S/C15H24N2O2/c1-13-7-3-4-8-14(13)9-11-17-15(19)16-10-5-2-6-12-18/h3-4,7-8,18H,2,5-6,9-12H2,1H3,(H2,16,17,19). The van der Waals surface area contributed by atoms with Crippen molar-refractivity contribution >= 4 is 6.03 Å². The molecule has 3 N–H and O–H groups in total. The number of rotatable bonds is 8. The van der Waals surface area contributed by atoms with Crippen LogP contribution >= 0.6 is 0 Å². The number of unbranched alkanes of at least 4 members (excludes halogenated alkanes) is 2. The Bertz CT molecular complexity index is 380. The van der Waals surface area contributed by atoms with E-state index in [9.17, 15) is 4.79 Å². The highest BCUT2D eigenvalue weighted by Crippen LogP contribution is 2.06. The lowest BCUT2D eigenvalue weighted by atomic mass is 10.1. The van der Waals surface area contributed by atoms with E-state index >= 15 is 0 Å². The van der Waals surface area contributed by atoms with Gasteiger partial charge in [0.1, 0.15) is 0 Å². The summed E-state index contributed by atoms with van der Waals surface area (Å²) in [5, 5.41) is 14.3. The molecule has 0 aliphatic carbocycles. The maximum Gasteiger partial charge on any atom is 0.314 e. The molecule has 0 spiro atoms. The number of benzene rings is 1. The first-order valence-electron chi connectivity index (χ1n) is 6.91. The molecule has 4 heteroatoms. The number of urea groups is 1. The SMILES string of the molecule is Cc1ccccc1CCNC(=O)NCCCCCO. The summed E-state index contributed by atoms with van der Waals surface area (Å²) < 4.78 is 0. The van der Waals surface area contributed by atoms with Crippen LogP contribution in [0.5, 0.6) is 0 Å². The van der Waals surface area contributed by atoms with Crippen LogP contribution in [0.25, 0.3) is 0 Å². The second-order valence-electron chi connectivity index (χ2n) is 4.64. The average molecular weight is 264 g/mol. The van der Waals surface area contributed by atoms with Gasteiger partial charge in [-0.2, -0.15) is 0 Å². The van der Waals surface area contributed by atoms with Gasteiger partial charge in [-0.05, 0) is 43.7 Å². The van der Waals surface area contributed by atoms with Crippen molar-refractivity contribution in [1.29, 1.82) is 0 Å². The van der Waals surface area contributed by atoms with E-state index in [0.29, 0.717) is 13.1 Å². The van der Waals surface area contributed by atoms with Gasteiger partial charge in [-0.15, -0.1) is 0 Å². The van der Waals surface area contributed by atoms with Crippen molar-refractivity contribution in [3.05, 3.63) is 35.4 Å². The summed E-state index contributed by atoms with van der Waals surface area (Å²) in [5.41, 5.74) is 2.53. The van der Waals surface area contributed by atoms with Crippen LogP contribution in [-0.4, -0.2) is 30.8 Å². The van der Waals surface area contributed by atoms with Gasteiger partial charge in [0.25, 0.3) is 0 Å². The van der Waals surface area contributed by atoms with Gasteiger partial charge in [-0.1, -0.05) is 24.3 Å². The van der Waals surface area contributed by atoms with Crippen molar-refractivity contribution in [2.75, 3.05) is 19.7 Å². The Kier molecular flexibility index (Phi) is 7.66. The summed E-state index contributed by atoms with van der Waals surface area (Å²) in [7, 11) is 0. The highest BCUT2D eigenvalue weighted by molar-refractivity contribution is 5.73. The second kappa shape index (κ2) is 9.39. The minimum Gasteiger partial charge on any atom is -0.396 e. The van der Waals surface area contributed by atoms with E-state index in [1.165, 1.54) is 11.1 Å². The molecular weight excluding hydrogens is 240 g/mol. The van der Waals surface area contributed by atoms with E-state index in [1.807, 2.05) is 12.1 Å². The first kappa shape index (κ1) is 15.5. The minimum atomic E-state index is -0.113. The molecule has 0 saturated heterocycles. The fourth-order valence-corrected chi connectivity index (χ4v) is 1.88. The molecule has 0 bridgehead atoms. The predicted octanol–water partition coefficient (Wildman–Crippen LogP) is 2.00. The number of nitrogens with one attached hydrogen (secondary N) is 2. The van der Waals surface area contributed by atoms with E-state index in [1.54, 1.807) is 0 Å². The van der Waals surface area contributed by atoms with Gasteiger partial charge < -0.3 is 15.7 Å². The molecular formula is C15H24N2O2. The lowest BCUT2D eigenvalue weighted by Gasteiger charge is -2.08. The number of carbonyl (C=O) groups is 1. The Balaban J connectivity index is 2.09.